The van der Waals surface area contributed by atoms with Crippen LogP contribution in [0.3, 0.4) is 0 Å². The minimum Gasteiger partial charge on any atom is -0.444 e. The molecule has 1 aliphatic rings. The molecular formula is C28H29FN6O4. The number of ether oxygens (including phenoxy) is 1. The highest BCUT2D eigenvalue weighted by Gasteiger charge is 2.21. The van der Waals surface area contributed by atoms with Crippen molar-refractivity contribution in [1.82, 2.24) is 10.3 Å². The molecule has 5 rings (SSSR count). The average molecular weight is 533 g/mol. The minimum absolute atomic E-state index is 0.360. The van der Waals surface area contributed by atoms with Crippen LogP contribution in [0.25, 0.3) is 11.0 Å². The van der Waals surface area contributed by atoms with Crippen molar-refractivity contribution in [2.75, 3.05) is 46.6 Å². The summed E-state index contributed by atoms with van der Waals surface area (Å²) in [5.41, 5.74) is 3.33. The monoisotopic (exact) mass is 532 g/mol. The second kappa shape index (κ2) is 10.6. The first-order valence-electron chi connectivity index (χ1n) is 12.6. The maximum absolute atomic E-state index is 15.0. The summed E-state index contributed by atoms with van der Waals surface area (Å²) in [6, 6.07) is 17.1. The van der Waals surface area contributed by atoms with Gasteiger partial charge in [-0.3, -0.25) is 10.1 Å². The zero-order valence-corrected chi connectivity index (χ0v) is 21.9. The van der Waals surface area contributed by atoms with Gasteiger partial charge in [0, 0.05) is 48.8 Å². The molecule has 0 aliphatic carbocycles. The van der Waals surface area contributed by atoms with Crippen LogP contribution in [0.2, 0.25) is 0 Å². The molecule has 0 spiro atoms. The van der Waals surface area contributed by atoms with Gasteiger partial charge in [-0.1, -0.05) is 0 Å². The largest absolute Gasteiger partial charge is 0.444 e. The predicted octanol–water partition coefficient (Wildman–Crippen LogP) is 5.29. The Morgan fingerprint density at radius 2 is 1.51 bits per heavy atom. The number of benzene rings is 3. The second-order valence-electron chi connectivity index (χ2n) is 10.2. The number of amides is 2. The van der Waals surface area contributed by atoms with E-state index in [2.05, 4.69) is 30.5 Å². The molecule has 1 aromatic heterocycles. The maximum Gasteiger partial charge on any atom is 0.412 e. The van der Waals surface area contributed by atoms with Gasteiger partial charge in [0.2, 0.25) is 0 Å². The van der Waals surface area contributed by atoms with Gasteiger partial charge in [-0.15, -0.1) is 0 Å². The third-order valence-electron chi connectivity index (χ3n) is 6.22. The third-order valence-corrected chi connectivity index (χ3v) is 6.22. The molecule has 39 heavy (non-hydrogen) atoms. The molecule has 3 aromatic carbocycles. The summed E-state index contributed by atoms with van der Waals surface area (Å²) in [7, 11) is 0. The molecule has 11 heteroatoms. The molecule has 1 fully saturated rings. The van der Waals surface area contributed by atoms with E-state index >= 15 is 4.39 Å². The number of anilines is 4. The molecule has 10 nitrogen and oxygen atoms in total. The lowest BCUT2D eigenvalue weighted by Crippen LogP contribution is -2.46. The lowest BCUT2D eigenvalue weighted by Gasteiger charge is -2.37. The van der Waals surface area contributed by atoms with Crippen molar-refractivity contribution >= 4 is 45.8 Å². The molecule has 2 amide bonds. The van der Waals surface area contributed by atoms with Crippen LogP contribution in [-0.2, 0) is 4.74 Å². The molecule has 202 valence electrons. The Bertz CT molecular complexity index is 1490. The fraction of sp³-hybridized carbons (Fsp3) is 0.286. The van der Waals surface area contributed by atoms with E-state index in [0.717, 1.165) is 5.69 Å². The first kappa shape index (κ1) is 26.0. The molecule has 0 atom stereocenters. The summed E-state index contributed by atoms with van der Waals surface area (Å²) in [6.07, 6.45) is -0.498. The van der Waals surface area contributed by atoms with Crippen molar-refractivity contribution in [2.45, 2.75) is 26.4 Å². The Hall–Kier alpha value is -4.67. The molecule has 2 heterocycles. The van der Waals surface area contributed by atoms with Crippen LogP contribution in [0.4, 0.5) is 31.9 Å². The number of piperazine rings is 1. The van der Waals surface area contributed by atoms with E-state index in [0.29, 0.717) is 59.8 Å². The summed E-state index contributed by atoms with van der Waals surface area (Å²) >= 11 is 0. The number of rotatable bonds is 5. The highest BCUT2D eigenvalue weighted by atomic mass is 19.1. The fourth-order valence-electron chi connectivity index (χ4n) is 4.35. The van der Waals surface area contributed by atoms with Crippen molar-refractivity contribution in [1.29, 1.82) is 0 Å². The van der Waals surface area contributed by atoms with Gasteiger partial charge in [-0.05, 0) is 91.7 Å². The van der Waals surface area contributed by atoms with Crippen LogP contribution in [0.15, 0.2) is 65.3 Å². The molecule has 0 saturated carbocycles. The van der Waals surface area contributed by atoms with Crippen LogP contribution in [0, 0.1) is 5.82 Å². The fourth-order valence-corrected chi connectivity index (χ4v) is 4.35. The number of nitrogens with zero attached hydrogens (tertiary/aromatic N) is 4. The van der Waals surface area contributed by atoms with Crippen molar-refractivity contribution in [2.24, 2.45) is 0 Å². The van der Waals surface area contributed by atoms with E-state index < -0.39 is 17.5 Å². The molecule has 0 bridgehead atoms. The van der Waals surface area contributed by atoms with Crippen LogP contribution in [0.1, 0.15) is 31.1 Å². The molecule has 1 saturated heterocycles. The number of carbonyl (C=O) groups excluding carboxylic acids is 2. The van der Waals surface area contributed by atoms with Gasteiger partial charge in [0.1, 0.15) is 22.5 Å². The number of hydrogen-bond acceptors (Lipinski definition) is 8. The Morgan fingerprint density at radius 1 is 0.846 bits per heavy atom. The normalized spacial score (nSPS) is 13.8. The molecule has 4 aromatic rings. The van der Waals surface area contributed by atoms with E-state index in [1.54, 1.807) is 30.3 Å². The summed E-state index contributed by atoms with van der Waals surface area (Å²) in [5, 5.41) is 12.9. The van der Waals surface area contributed by atoms with E-state index in [1.165, 1.54) is 6.07 Å². The summed E-state index contributed by atoms with van der Waals surface area (Å²) in [5.74, 6) is -0.789. The van der Waals surface area contributed by atoms with Crippen molar-refractivity contribution in [3.05, 3.63) is 72.0 Å². The molecule has 0 unspecified atom stereocenters. The van der Waals surface area contributed by atoms with Crippen LogP contribution >= 0.6 is 0 Å². The average Bonchev–Trinajstić information content (AvgIpc) is 3.36. The first-order chi connectivity index (χ1) is 18.6. The highest BCUT2D eigenvalue weighted by molar-refractivity contribution is 6.05. The quantitative estimate of drug-likeness (QED) is 0.357. The topological polar surface area (TPSA) is 113 Å². The summed E-state index contributed by atoms with van der Waals surface area (Å²) < 4.78 is 25.0. The zero-order valence-electron chi connectivity index (χ0n) is 21.9. The van der Waals surface area contributed by atoms with Gasteiger partial charge in [0.25, 0.3) is 5.91 Å². The van der Waals surface area contributed by atoms with Crippen molar-refractivity contribution < 1.29 is 23.3 Å². The van der Waals surface area contributed by atoms with Gasteiger partial charge in [0.05, 0.1) is 5.69 Å². The maximum atomic E-state index is 15.0. The highest BCUT2D eigenvalue weighted by Crippen LogP contribution is 2.27. The lowest BCUT2D eigenvalue weighted by molar-refractivity contribution is 0.0635. The van der Waals surface area contributed by atoms with Gasteiger partial charge in [0.15, 0.2) is 0 Å². The number of aromatic nitrogens is 2. The van der Waals surface area contributed by atoms with Crippen LogP contribution in [0.5, 0.6) is 0 Å². The number of fused-ring (bicyclic) bond motifs is 1. The second-order valence-corrected chi connectivity index (χ2v) is 10.2. The molecule has 2 N–H and O–H groups in total. The van der Waals surface area contributed by atoms with Crippen molar-refractivity contribution in [3.63, 3.8) is 0 Å². The molecular weight excluding hydrogens is 503 g/mol. The molecule has 0 radical (unpaired) electrons. The summed E-state index contributed by atoms with van der Waals surface area (Å²) in [4.78, 5) is 28.8. The lowest BCUT2D eigenvalue weighted by atomic mass is 10.1. The van der Waals surface area contributed by atoms with Gasteiger partial charge < -0.3 is 19.9 Å². The Balaban J connectivity index is 1.16. The van der Waals surface area contributed by atoms with Crippen molar-refractivity contribution in [3.8, 4) is 0 Å². The Morgan fingerprint density at radius 3 is 2.21 bits per heavy atom. The Kier molecular flexibility index (Phi) is 7.05. The van der Waals surface area contributed by atoms with Crippen LogP contribution < -0.4 is 20.4 Å². The predicted molar refractivity (Wildman–Crippen MR) is 147 cm³/mol. The van der Waals surface area contributed by atoms with E-state index in [4.69, 9.17) is 4.74 Å². The van der Waals surface area contributed by atoms with Gasteiger partial charge in [-0.2, -0.15) is 0 Å². The third kappa shape index (κ3) is 6.25. The number of halogens is 1. The van der Waals surface area contributed by atoms with E-state index in [9.17, 15) is 9.59 Å². The van der Waals surface area contributed by atoms with E-state index in [-0.39, 0.29) is 5.91 Å². The summed E-state index contributed by atoms with van der Waals surface area (Å²) in [6.45, 7) is 8.11. The zero-order chi connectivity index (χ0) is 27.6. The minimum atomic E-state index is -0.566. The number of hydrogen-bond donors (Lipinski definition) is 2. The standard InChI is InChI=1S/C28H29FN6O4/c1-28(2,3)38-27(37)31-19-5-8-21(9-6-19)34-12-14-35(15-13-34)25-11-7-20(17-22(25)29)30-26(36)18-4-10-23-24(16-18)33-39-32-23/h4-11,16-17H,12-15H2,1-3H3,(H,30,36)(H,31,37). The van der Waals surface area contributed by atoms with E-state index in [1.807, 2.05) is 49.9 Å². The number of nitrogens with one attached hydrogen (secondary N) is 2. The van der Waals surface area contributed by atoms with Gasteiger partial charge >= 0.3 is 6.09 Å². The SMILES string of the molecule is CC(C)(C)OC(=O)Nc1ccc(N2CCN(c3ccc(NC(=O)c4ccc5nonc5c4)cc3F)CC2)cc1. The van der Waals surface area contributed by atoms with Crippen LogP contribution in [-0.4, -0.2) is 54.1 Å². The van der Waals surface area contributed by atoms with Gasteiger partial charge in [-0.25, -0.2) is 13.8 Å². The first-order valence-corrected chi connectivity index (χ1v) is 12.6. The number of carbonyl (C=O) groups is 2. The molecule has 1 aliphatic heterocycles. The Labute approximate surface area is 224 Å². The smallest absolute Gasteiger partial charge is 0.412 e.